The molecule has 0 fully saturated rings. The number of aryl methyl sites for hydroxylation is 2. The predicted octanol–water partition coefficient (Wildman–Crippen LogP) is 5.40. The van der Waals surface area contributed by atoms with E-state index in [1.807, 2.05) is 31.2 Å². The lowest BCUT2D eigenvalue weighted by Crippen LogP contribution is -2.53. The number of rotatable bonds is 13. The highest BCUT2D eigenvalue weighted by atomic mass is 35.5. The number of hydrogen-bond acceptors (Lipinski definition) is 7. The maximum Gasteiger partial charge on any atom is 0.273 e. The van der Waals surface area contributed by atoms with Crippen LogP contribution in [0, 0.1) is 24.0 Å². The Morgan fingerprint density at radius 2 is 1.70 bits per heavy atom. The van der Waals surface area contributed by atoms with Crippen LogP contribution in [0.4, 0.5) is 11.4 Å². The van der Waals surface area contributed by atoms with Crippen LogP contribution in [-0.4, -0.2) is 55.8 Å². The average Bonchev–Trinajstić information content (AvgIpc) is 2.96. The number of nitrogens with one attached hydrogen (secondary N) is 1. The van der Waals surface area contributed by atoms with Gasteiger partial charge in [0, 0.05) is 29.2 Å². The molecule has 44 heavy (non-hydrogen) atoms. The van der Waals surface area contributed by atoms with E-state index in [9.17, 15) is 28.1 Å². The standard InChI is InChI=1S/C31H37ClN4O7S/c1-7-26(31(38)33-20(2)3)34(18-23-11-8-21(4)9-12-23)30(37)19-35(28-16-24(32)13-15-29(28)43-6)44(41,42)25-14-10-22(5)27(17-25)36(39)40/h8-17,20,26H,7,18-19H2,1-6H3,(H,33,38)/t26-/m0/s1. The molecule has 11 nitrogen and oxygen atoms in total. The molecular formula is C31H37ClN4O7S. The molecule has 0 saturated heterocycles. The number of methoxy groups -OCH3 is 1. The molecule has 1 N–H and O–H groups in total. The number of carbonyl (C=O) groups excluding carboxylic acids is 2. The number of hydrogen-bond donors (Lipinski definition) is 1. The van der Waals surface area contributed by atoms with Gasteiger partial charge in [-0.15, -0.1) is 0 Å². The second kappa shape index (κ2) is 14.5. The molecule has 2 amide bonds. The molecule has 0 heterocycles. The van der Waals surface area contributed by atoms with Crippen molar-refractivity contribution in [2.24, 2.45) is 0 Å². The third kappa shape index (κ3) is 8.06. The molecule has 0 radical (unpaired) electrons. The first-order valence-corrected chi connectivity index (χ1v) is 15.8. The van der Waals surface area contributed by atoms with Crippen LogP contribution in [0.15, 0.2) is 65.6 Å². The molecular weight excluding hydrogens is 608 g/mol. The summed E-state index contributed by atoms with van der Waals surface area (Å²) in [7, 11) is -3.28. The number of anilines is 1. The van der Waals surface area contributed by atoms with Crippen LogP contribution in [0.1, 0.15) is 43.9 Å². The molecule has 236 valence electrons. The van der Waals surface area contributed by atoms with E-state index in [1.54, 1.807) is 20.8 Å². The number of sulfonamides is 1. The van der Waals surface area contributed by atoms with Gasteiger partial charge in [0.05, 0.1) is 22.6 Å². The van der Waals surface area contributed by atoms with E-state index >= 15 is 0 Å². The second-order valence-electron chi connectivity index (χ2n) is 10.6. The highest BCUT2D eigenvalue weighted by Crippen LogP contribution is 2.36. The zero-order chi connectivity index (χ0) is 32.8. The van der Waals surface area contributed by atoms with Crippen LogP contribution in [0.2, 0.25) is 5.02 Å². The predicted molar refractivity (Wildman–Crippen MR) is 169 cm³/mol. The highest BCUT2D eigenvalue weighted by Gasteiger charge is 2.35. The molecule has 0 bridgehead atoms. The third-order valence-electron chi connectivity index (χ3n) is 6.94. The lowest BCUT2D eigenvalue weighted by Gasteiger charge is -2.34. The van der Waals surface area contributed by atoms with Crippen molar-refractivity contribution in [2.75, 3.05) is 18.0 Å². The van der Waals surface area contributed by atoms with Crippen LogP contribution in [0.25, 0.3) is 0 Å². The Morgan fingerprint density at radius 3 is 2.27 bits per heavy atom. The van der Waals surface area contributed by atoms with Crippen LogP contribution >= 0.6 is 11.6 Å². The Hall–Kier alpha value is -4.16. The fourth-order valence-corrected chi connectivity index (χ4v) is 6.24. The largest absolute Gasteiger partial charge is 0.495 e. The minimum Gasteiger partial charge on any atom is -0.495 e. The number of halogens is 1. The van der Waals surface area contributed by atoms with Crippen LogP contribution in [0.3, 0.4) is 0 Å². The smallest absolute Gasteiger partial charge is 0.273 e. The Morgan fingerprint density at radius 1 is 1.05 bits per heavy atom. The highest BCUT2D eigenvalue weighted by molar-refractivity contribution is 7.92. The van der Waals surface area contributed by atoms with Gasteiger partial charge in [-0.25, -0.2) is 8.42 Å². The number of ether oxygens (including phenoxy) is 1. The zero-order valence-electron chi connectivity index (χ0n) is 25.5. The first kappa shape index (κ1) is 34.3. The van der Waals surface area contributed by atoms with Crippen molar-refractivity contribution in [1.82, 2.24) is 10.2 Å². The number of nitro groups is 1. The van der Waals surface area contributed by atoms with Crippen molar-refractivity contribution in [3.8, 4) is 5.75 Å². The van der Waals surface area contributed by atoms with Crippen molar-refractivity contribution < 1.29 is 27.7 Å². The summed E-state index contributed by atoms with van der Waals surface area (Å²) in [5, 5.41) is 14.7. The molecule has 0 aromatic heterocycles. The van der Waals surface area contributed by atoms with Gasteiger partial charge in [-0.1, -0.05) is 54.4 Å². The average molecular weight is 645 g/mol. The van der Waals surface area contributed by atoms with Crippen molar-refractivity contribution >= 4 is 44.8 Å². The number of nitro benzene ring substituents is 1. The van der Waals surface area contributed by atoms with Gasteiger partial charge < -0.3 is 15.0 Å². The van der Waals surface area contributed by atoms with E-state index in [0.29, 0.717) is 0 Å². The molecule has 0 unspecified atom stereocenters. The summed E-state index contributed by atoms with van der Waals surface area (Å²) in [6.45, 7) is 8.06. The van der Waals surface area contributed by atoms with E-state index < -0.39 is 44.0 Å². The van der Waals surface area contributed by atoms with Crippen molar-refractivity contribution in [1.29, 1.82) is 0 Å². The molecule has 1 atom stereocenters. The summed E-state index contributed by atoms with van der Waals surface area (Å²) < 4.78 is 34.7. The number of carbonyl (C=O) groups is 2. The van der Waals surface area contributed by atoms with Crippen LogP contribution < -0.4 is 14.4 Å². The second-order valence-corrected chi connectivity index (χ2v) is 12.9. The molecule has 3 aromatic carbocycles. The van der Waals surface area contributed by atoms with Gasteiger partial charge in [0.15, 0.2) is 0 Å². The molecule has 13 heteroatoms. The molecule has 3 aromatic rings. The van der Waals surface area contributed by atoms with Gasteiger partial charge in [0.2, 0.25) is 11.8 Å². The fraction of sp³-hybridized carbons (Fsp3) is 0.355. The monoisotopic (exact) mass is 644 g/mol. The number of nitrogens with zero attached hydrogens (tertiary/aromatic N) is 3. The molecule has 0 aliphatic rings. The quantitative estimate of drug-likeness (QED) is 0.194. The summed E-state index contributed by atoms with van der Waals surface area (Å²) in [5.41, 5.74) is 1.57. The summed E-state index contributed by atoms with van der Waals surface area (Å²) in [6, 6.07) is 14.1. The first-order chi connectivity index (χ1) is 20.7. The zero-order valence-corrected chi connectivity index (χ0v) is 27.1. The topological polar surface area (TPSA) is 139 Å². The molecule has 3 rings (SSSR count). The normalized spacial score (nSPS) is 12.0. The van der Waals surface area contributed by atoms with Gasteiger partial charge in [-0.05, 0) is 63.9 Å². The fourth-order valence-electron chi connectivity index (χ4n) is 4.64. The van der Waals surface area contributed by atoms with Gasteiger partial charge in [0.1, 0.15) is 18.3 Å². The molecule has 0 saturated carbocycles. The lowest BCUT2D eigenvalue weighted by molar-refractivity contribution is -0.385. The van der Waals surface area contributed by atoms with E-state index in [0.717, 1.165) is 21.5 Å². The van der Waals surface area contributed by atoms with E-state index in [-0.39, 0.29) is 46.9 Å². The van der Waals surface area contributed by atoms with Crippen LogP contribution in [0.5, 0.6) is 5.75 Å². The molecule has 0 spiro atoms. The maximum atomic E-state index is 14.2. The minimum absolute atomic E-state index is 0.0275. The van der Waals surface area contributed by atoms with Gasteiger partial charge in [-0.3, -0.25) is 24.0 Å². The van der Waals surface area contributed by atoms with Gasteiger partial charge in [-0.2, -0.15) is 0 Å². The lowest BCUT2D eigenvalue weighted by atomic mass is 10.1. The van der Waals surface area contributed by atoms with Crippen LogP contribution in [-0.2, 0) is 26.2 Å². The molecule has 0 aliphatic carbocycles. The van der Waals surface area contributed by atoms with E-state index in [1.165, 1.54) is 49.3 Å². The third-order valence-corrected chi connectivity index (χ3v) is 8.93. The summed E-state index contributed by atoms with van der Waals surface area (Å²) in [4.78, 5) is 39.5. The van der Waals surface area contributed by atoms with Gasteiger partial charge >= 0.3 is 0 Å². The van der Waals surface area contributed by atoms with Crippen molar-refractivity contribution in [3.63, 3.8) is 0 Å². The Balaban J connectivity index is 2.19. The minimum atomic E-state index is -4.61. The maximum absolute atomic E-state index is 14.2. The Labute approximate surface area is 263 Å². The van der Waals surface area contributed by atoms with E-state index in [4.69, 9.17) is 16.3 Å². The summed E-state index contributed by atoms with van der Waals surface area (Å²) >= 11 is 6.27. The van der Waals surface area contributed by atoms with E-state index in [2.05, 4.69) is 5.32 Å². The van der Waals surface area contributed by atoms with Gasteiger partial charge in [0.25, 0.3) is 15.7 Å². The number of amides is 2. The Bertz CT molecular complexity index is 1630. The Kier molecular flexibility index (Phi) is 11.3. The molecule has 0 aliphatic heterocycles. The van der Waals surface area contributed by atoms with Crippen molar-refractivity contribution in [2.45, 2.75) is 64.6 Å². The SMILES string of the molecule is CC[C@@H](C(=O)NC(C)C)N(Cc1ccc(C)cc1)C(=O)CN(c1cc(Cl)ccc1OC)S(=O)(=O)c1ccc(C)c([N+](=O)[O-])c1. The summed E-state index contributed by atoms with van der Waals surface area (Å²) in [6.07, 6.45) is 0.257. The number of benzene rings is 3. The first-order valence-electron chi connectivity index (χ1n) is 14.0. The summed E-state index contributed by atoms with van der Waals surface area (Å²) in [5.74, 6) is -0.961. The van der Waals surface area contributed by atoms with Crippen molar-refractivity contribution in [3.05, 3.63) is 92.5 Å².